The smallest absolute Gasteiger partial charge is 0.302 e. The molecule has 1 saturated heterocycles. The molecule has 1 aliphatic heterocycles. The van der Waals surface area contributed by atoms with Gasteiger partial charge in [-0.05, 0) is 123 Å². The highest BCUT2D eigenvalue weighted by Crippen LogP contribution is 2.53. The number of carbonyl (C=O) groups is 2. The Labute approximate surface area is 301 Å². The van der Waals surface area contributed by atoms with Crippen LogP contribution in [0.5, 0.6) is 0 Å². The second-order valence-corrected chi connectivity index (χ2v) is 17.2. The molecule has 5 rings (SSSR count). The van der Waals surface area contributed by atoms with Gasteiger partial charge in [0.2, 0.25) is 0 Å². The summed E-state index contributed by atoms with van der Waals surface area (Å²) in [5.41, 5.74) is 6.37. The van der Waals surface area contributed by atoms with Crippen molar-refractivity contribution < 1.29 is 44.1 Å². The summed E-state index contributed by atoms with van der Waals surface area (Å²) in [6.45, 7) is 8.56. The second kappa shape index (κ2) is 18.0. The first-order valence-electron chi connectivity index (χ1n) is 19.9. The van der Waals surface area contributed by atoms with Crippen molar-refractivity contribution in [1.29, 1.82) is 0 Å². The molecular formula is C40H69N2O8+. The van der Waals surface area contributed by atoms with Gasteiger partial charge in [-0.2, -0.15) is 0 Å². The average molecular weight is 706 g/mol. The normalized spacial score (nSPS) is 41.7. The van der Waals surface area contributed by atoms with Gasteiger partial charge >= 0.3 is 11.9 Å². The molecule has 0 amide bonds. The molecule has 0 spiro atoms. The molecule has 10 nitrogen and oxygen atoms in total. The van der Waals surface area contributed by atoms with Gasteiger partial charge in [-0.3, -0.25) is 15.3 Å². The third-order valence-corrected chi connectivity index (χ3v) is 13.8. The van der Waals surface area contributed by atoms with Crippen LogP contribution >= 0.6 is 0 Å². The fourth-order valence-corrected chi connectivity index (χ4v) is 11.4. The quantitative estimate of drug-likeness (QED) is 0.175. The van der Waals surface area contributed by atoms with E-state index >= 15 is 0 Å². The van der Waals surface area contributed by atoms with E-state index in [-0.39, 0.29) is 42.1 Å². The van der Waals surface area contributed by atoms with Crippen LogP contribution < -0.4 is 11.1 Å². The van der Waals surface area contributed by atoms with E-state index in [0.29, 0.717) is 73.0 Å². The van der Waals surface area contributed by atoms with Crippen LogP contribution in [0.4, 0.5) is 0 Å². The number of piperidine rings is 1. The van der Waals surface area contributed by atoms with Crippen LogP contribution in [0, 0.1) is 59.2 Å². The molecule has 0 aromatic rings. The first-order chi connectivity index (χ1) is 23.9. The predicted octanol–water partition coefficient (Wildman–Crippen LogP) is 3.96. The molecule has 50 heavy (non-hydrogen) atoms. The Morgan fingerprint density at radius 2 is 1.60 bits per heavy atom. The Hall–Kier alpha value is -1.56. The molecule has 0 aromatic heterocycles. The van der Waals surface area contributed by atoms with E-state index in [0.717, 1.165) is 57.9 Å². The molecule has 3 saturated carbocycles. The van der Waals surface area contributed by atoms with Crippen LogP contribution in [0.15, 0.2) is 12.2 Å². The number of hydrogen-bond donors (Lipinski definition) is 4. The Morgan fingerprint density at radius 1 is 0.840 bits per heavy atom. The third kappa shape index (κ3) is 9.90. The van der Waals surface area contributed by atoms with Crippen molar-refractivity contribution >= 4 is 11.9 Å². The van der Waals surface area contributed by atoms with Gasteiger partial charge in [-0.25, -0.2) is 0 Å². The van der Waals surface area contributed by atoms with E-state index < -0.39 is 24.4 Å². The summed E-state index contributed by atoms with van der Waals surface area (Å²) in [6.07, 6.45) is 12.2. The van der Waals surface area contributed by atoms with Crippen molar-refractivity contribution in [2.75, 3.05) is 20.8 Å². The number of aliphatic hydroxyl groups excluding tert-OH is 2. The summed E-state index contributed by atoms with van der Waals surface area (Å²) >= 11 is 0. The van der Waals surface area contributed by atoms with E-state index in [1.165, 1.54) is 13.8 Å². The lowest BCUT2D eigenvalue weighted by atomic mass is 9.57. The number of ether oxygens (including phenoxy) is 4. The highest BCUT2D eigenvalue weighted by molar-refractivity contribution is 5.66. The molecular weight excluding hydrogens is 636 g/mol. The van der Waals surface area contributed by atoms with Crippen molar-refractivity contribution in [3.05, 3.63) is 12.2 Å². The molecule has 16 atom stereocenters. The molecule has 0 aromatic carbocycles. The SMILES string of the molecule is COC1C=CC2CC(C(C)C)C3CC(C(CC(CCC4CC(OC)C(O)CC4C4CC[NH2+]C(N)C4)OC(C)=O)OC(C)=O)CC(O)C(C1)C2C3. The van der Waals surface area contributed by atoms with Crippen molar-refractivity contribution in [2.45, 2.75) is 148 Å². The van der Waals surface area contributed by atoms with Crippen LogP contribution in [0.25, 0.3) is 0 Å². The summed E-state index contributed by atoms with van der Waals surface area (Å²) in [5, 5.41) is 25.1. The fourth-order valence-electron chi connectivity index (χ4n) is 11.4. The van der Waals surface area contributed by atoms with Gasteiger partial charge in [-0.15, -0.1) is 0 Å². The number of quaternary nitrogens is 1. The molecule has 5 aliphatic rings. The van der Waals surface area contributed by atoms with Crippen LogP contribution in [0.2, 0.25) is 0 Å². The minimum atomic E-state index is -0.536. The number of fused-ring (bicyclic) bond motifs is 1. The zero-order valence-corrected chi connectivity index (χ0v) is 31.7. The topological polar surface area (TPSA) is 154 Å². The lowest BCUT2D eigenvalue weighted by Crippen LogP contribution is -2.94. The maximum absolute atomic E-state index is 12.7. The molecule has 10 heteroatoms. The maximum atomic E-state index is 12.7. The summed E-state index contributed by atoms with van der Waals surface area (Å²) < 4.78 is 23.8. The summed E-state index contributed by atoms with van der Waals surface area (Å²) in [5.74, 6) is 2.81. The van der Waals surface area contributed by atoms with E-state index in [1.54, 1.807) is 14.2 Å². The van der Waals surface area contributed by atoms with Crippen molar-refractivity contribution in [2.24, 2.45) is 64.9 Å². The summed E-state index contributed by atoms with van der Waals surface area (Å²) in [6, 6.07) is 0. The number of methoxy groups -OCH3 is 2. The monoisotopic (exact) mass is 706 g/mol. The standard InChI is InChI=1S/C40H68N2O8/c1-22(2)32-14-25-7-9-30(47-5)19-35-34(25)15-28(32)13-29(16-36(35)45)38(50-24(4)44)20-31(49-23(3)43)10-8-26-17-39(48-6)37(46)21-33(26)27-11-12-42-40(41)18-27/h7,9,22,25-40,42,45-46H,8,10-21,41H2,1-6H3/p+1. The lowest BCUT2D eigenvalue weighted by Gasteiger charge is -2.50. The van der Waals surface area contributed by atoms with E-state index in [1.807, 2.05) is 0 Å². The van der Waals surface area contributed by atoms with Gasteiger partial charge in [0.25, 0.3) is 0 Å². The van der Waals surface area contributed by atoms with Crippen LogP contribution in [0.1, 0.15) is 105 Å². The van der Waals surface area contributed by atoms with Gasteiger partial charge in [-0.1, -0.05) is 26.0 Å². The molecule has 4 fully saturated rings. The predicted molar refractivity (Wildman–Crippen MR) is 190 cm³/mol. The highest BCUT2D eigenvalue weighted by atomic mass is 16.6. The van der Waals surface area contributed by atoms with Crippen molar-refractivity contribution in [3.8, 4) is 0 Å². The molecule has 0 radical (unpaired) electrons. The molecule has 286 valence electrons. The van der Waals surface area contributed by atoms with E-state index in [4.69, 9.17) is 24.7 Å². The number of carbonyl (C=O) groups excluding carboxylic acids is 2. The van der Waals surface area contributed by atoms with E-state index in [2.05, 4.69) is 31.3 Å². The van der Waals surface area contributed by atoms with Crippen LogP contribution in [-0.4, -0.2) is 85.7 Å². The minimum absolute atomic E-state index is 0.0170. The summed E-state index contributed by atoms with van der Waals surface area (Å²) in [7, 11) is 3.43. The lowest BCUT2D eigenvalue weighted by molar-refractivity contribution is -0.699. The molecule has 6 N–H and O–H groups in total. The Bertz CT molecular complexity index is 1130. The molecule has 4 aliphatic carbocycles. The first-order valence-corrected chi connectivity index (χ1v) is 19.9. The number of esters is 2. The molecule has 2 bridgehead atoms. The zero-order valence-electron chi connectivity index (χ0n) is 31.7. The maximum Gasteiger partial charge on any atom is 0.302 e. The average Bonchev–Trinajstić information content (AvgIpc) is 3.23. The Kier molecular flexibility index (Phi) is 14.3. The van der Waals surface area contributed by atoms with Gasteiger partial charge in [0.1, 0.15) is 18.4 Å². The van der Waals surface area contributed by atoms with Crippen molar-refractivity contribution in [3.63, 3.8) is 0 Å². The van der Waals surface area contributed by atoms with Gasteiger partial charge in [0.15, 0.2) is 0 Å². The first kappa shape index (κ1) is 39.6. The molecule has 1 heterocycles. The van der Waals surface area contributed by atoms with Gasteiger partial charge in [0, 0.05) is 40.9 Å². The zero-order chi connectivity index (χ0) is 36.1. The number of nitrogens with two attached hydrogens (primary N) is 2. The van der Waals surface area contributed by atoms with Crippen LogP contribution in [0.3, 0.4) is 0 Å². The van der Waals surface area contributed by atoms with Crippen LogP contribution in [-0.2, 0) is 28.5 Å². The number of rotatable bonds is 12. The van der Waals surface area contributed by atoms with Crippen molar-refractivity contribution in [1.82, 2.24) is 0 Å². The van der Waals surface area contributed by atoms with Gasteiger partial charge < -0.3 is 34.5 Å². The third-order valence-electron chi connectivity index (χ3n) is 13.8. The largest absolute Gasteiger partial charge is 0.462 e. The van der Waals surface area contributed by atoms with Gasteiger partial charge in [0.05, 0.1) is 31.0 Å². The number of hydrogen-bond acceptors (Lipinski definition) is 9. The minimum Gasteiger partial charge on any atom is -0.462 e. The Morgan fingerprint density at radius 3 is 2.26 bits per heavy atom. The summed E-state index contributed by atoms with van der Waals surface area (Å²) in [4.78, 5) is 25.2. The highest BCUT2D eigenvalue weighted by Gasteiger charge is 2.49. The number of aliphatic hydroxyl groups is 2. The second-order valence-electron chi connectivity index (χ2n) is 17.2. The number of allylic oxidation sites excluding steroid dienone is 1. The van der Waals surface area contributed by atoms with E-state index in [9.17, 15) is 19.8 Å². The Balaban J connectivity index is 1.36. The molecule has 16 unspecified atom stereocenters. The fraction of sp³-hybridized carbons (Fsp3) is 0.900.